The van der Waals surface area contributed by atoms with Gasteiger partial charge in [-0.1, -0.05) is 5.16 Å². The molecule has 0 saturated carbocycles. The van der Waals surface area contributed by atoms with E-state index < -0.39 is 0 Å². The van der Waals surface area contributed by atoms with E-state index in [0.717, 1.165) is 5.69 Å². The molecule has 27 heavy (non-hydrogen) atoms. The van der Waals surface area contributed by atoms with Crippen molar-refractivity contribution in [2.24, 2.45) is 7.05 Å². The van der Waals surface area contributed by atoms with Crippen molar-refractivity contribution in [1.29, 1.82) is 0 Å². The van der Waals surface area contributed by atoms with Crippen LogP contribution < -0.4 is 21.1 Å². The molecule has 10 heteroatoms. The molecule has 1 aliphatic rings. The molecule has 1 atom stereocenters. The van der Waals surface area contributed by atoms with Gasteiger partial charge < -0.3 is 24.8 Å². The highest BCUT2D eigenvalue weighted by Crippen LogP contribution is 2.18. The summed E-state index contributed by atoms with van der Waals surface area (Å²) >= 11 is 0. The molecule has 2 N–H and O–H groups in total. The third-order valence-electron chi connectivity index (χ3n) is 4.48. The van der Waals surface area contributed by atoms with Gasteiger partial charge in [0.15, 0.2) is 5.76 Å². The van der Waals surface area contributed by atoms with E-state index in [9.17, 15) is 9.59 Å². The largest absolute Gasteiger partial charge is 0.374 e. The molecule has 1 aliphatic heterocycles. The maximum absolute atomic E-state index is 12.0. The van der Waals surface area contributed by atoms with Crippen LogP contribution in [0, 0.1) is 13.8 Å². The van der Waals surface area contributed by atoms with E-state index in [0.29, 0.717) is 49.8 Å². The van der Waals surface area contributed by atoms with Crippen LogP contribution in [0.1, 0.15) is 17.9 Å². The zero-order valence-corrected chi connectivity index (χ0v) is 15.7. The van der Waals surface area contributed by atoms with E-state index in [-0.39, 0.29) is 17.7 Å². The van der Waals surface area contributed by atoms with Gasteiger partial charge in [0.2, 0.25) is 0 Å². The Bertz CT molecular complexity index is 842. The Balaban J connectivity index is 1.47. The van der Waals surface area contributed by atoms with E-state index in [2.05, 4.69) is 25.8 Å². The molecule has 1 saturated heterocycles. The SMILES string of the molecule is Cc1noc(C)c1NC(=O)NCCC1CN(c2cnn(C)c(=O)c2)CCO1. The fraction of sp³-hybridized carbons (Fsp3) is 0.529. The quantitative estimate of drug-likeness (QED) is 0.793. The summed E-state index contributed by atoms with van der Waals surface area (Å²) in [5, 5.41) is 13.4. The molecule has 3 rings (SSSR count). The molecule has 0 spiro atoms. The molecule has 2 aromatic rings. The van der Waals surface area contributed by atoms with E-state index in [4.69, 9.17) is 9.26 Å². The van der Waals surface area contributed by atoms with Crippen molar-refractivity contribution < 1.29 is 14.1 Å². The van der Waals surface area contributed by atoms with Crippen molar-refractivity contribution in [1.82, 2.24) is 20.3 Å². The first-order valence-corrected chi connectivity index (χ1v) is 8.81. The van der Waals surface area contributed by atoms with E-state index >= 15 is 0 Å². The van der Waals surface area contributed by atoms with Crippen LogP contribution in [-0.2, 0) is 11.8 Å². The van der Waals surface area contributed by atoms with Crippen LogP contribution in [0.3, 0.4) is 0 Å². The highest BCUT2D eigenvalue weighted by atomic mass is 16.5. The summed E-state index contributed by atoms with van der Waals surface area (Å²) in [6.07, 6.45) is 2.30. The average Bonchev–Trinajstić information content (AvgIpc) is 2.96. The molecule has 0 bridgehead atoms. The molecule has 1 fully saturated rings. The van der Waals surface area contributed by atoms with Crippen molar-refractivity contribution in [3.63, 3.8) is 0 Å². The number of ether oxygens (including phenoxy) is 1. The van der Waals surface area contributed by atoms with Crippen molar-refractivity contribution in [2.45, 2.75) is 26.4 Å². The first kappa shape index (κ1) is 18.9. The summed E-state index contributed by atoms with van der Waals surface area (Å²) in [6.45, 7) is 5.87. The zero-order chi connectivity index (χ0) is 19.4. The van der Waals surface area contributed by atoms with Gasteiger partial charge in [0.25, 0.3) is 5.56 Å². The lowest BCUT2D eigenvalue weighted by Crippen LogP contribution is -2.44. The lowest BCUT2D eigenvalue weighted by molar-refractivity contribution is 0.0359. The lowest BCUT2D eigenvalue weighted by atomic mass is 10.2. The normalized spacial score (nSPS) is 17.0. The summed E-state index contributed by atoms with van der Waals surface area (Å²) in [5.74, 6) is 0.566. The third-order valence-corrected chi connectivity index (χ3v) is 4.48. The van der Waals surface area contributed by atoms with Gasteiger partial charge in [-0.3, -0.25) is 4.79 Å². The van der Waals surface area contributed by atoms with Crippen LogP contribution in [0.5, 0.6) is 0 Å². The Hall–Kier alpha value is -2.88. The highest BCUT2D eigenvalue weighted by Gasteiger charge is 2.21. The monoisotopic (exact) mass is 376 g/mol. The molecular weight excluding hydrogens is 352 g/mol. The molecule has 2 amide bonds. The topological polar surface area (TPSA) is 115 Å². The molecule has 1 unspecified atom stereocenters. The summed E-state index contributed by atoms with van der Waals surface area (Å²) < 4.78 is 12.1. The summed E-state index contributed by atoms with van der Waals surface area (Å²) in [6, 6.07) is 1.26. The Labute approximate surface area is 156 Å². The Morgan fingerprint density at radius 2 is 2.22 bits per heavy atom. The molecule has 10 nitrogen and oxygen atoms in total. The molecular formula is C17H24N6O4. The van der Waals surface area contributed by atoms with Crippen LogP contribution in [0.15, 0.2) is 21.6 Å². The van der Waals surface area contributed by atoms with Crippen LogP contribution >= 0.6 is 0 Å². The fourth-order valence-electron chi connectivity index (χ4n) is 2.93. The number of urea groups is 1. The molecule has 0 radical (unpaired) electrons. The number of morpholine rings is 1. The summed E-state index contributed by atoms with van der Waals surface area (Å²) in [4.78, 5) is 25.9. The third kappa shape index (κ3) is 4.64. The average molecular weight is 376 g/mol. The number of nitrogens with one attached hydrogen (secondary N) is 2. The van der Waals surface area contributed by atoms with E-state index in [1.54, 1.807) is 33.2 Å². The molecule has 146 valence electrons. The second kappa shape index (κ2) is 8.21. The standard InChI is InChI=1S/C17H24N6O4/c1-11-16(12(2)27-21-11)20-17(25)18-5-4-14-10-23(6-7-26-14)13-8-15(24)22(3)19-9-13/h8-9,14H,4-7,10H2,1-3H3,(H2,18,20,25). The predicted molar refractivity (Wildman–Crippen MR) is 99.0 cm³/mol. The number of hydrogen-bond donors (Lipinski definition) is 2. The van der Waals surface area contributed by atoms with Crippen molar-refractivity contribution in [2.75, 3.05) is 36.5 Å². The van der Waals surface area contributed by atoms with Gasteiger partial charge in [-0.2, -0.15) is 5.10 Å². The van der Waals surface area contributed by atoms with Crippen molar-refractivity contribution >= 4 is 17.4 Å². The minimum atomic E-state index is -0.312. The van der Waals surface area contributed by atoms with Crippen LogP contribution in [-0.4, -0.2) is 53.3 Å². The predicted octanol–water partition coefficient (Wildman–Crippen LogP) is 0.802. The number of carbonyl (C=O) groups is 1. The number of aryl methyl sites for hydroxylation is 3. The maximum atomic E-state index is 12.0. The van der Waals surface area contributed by atoms with Gasteiger partial charge in [-0.15, -0.1) is 0 Å². The fourth-order valence-corrected chi connectivity index (χ4v) is 2.93. The Morgan fingerprint density at radius 3 is 2.93 bits per heavy atom. The van der Waals surface area contributed by atoms with Crippen LogP contribution in [0.4, 0.5) is 16.2 Å². The van der Waals surface area contributed by atoms with Crippen LogP contribution in [0.25, 0.3) is 0 Å². The molecule has 0 aromatic carbocycles. The maximum Gasteiger partial charge on any atom is 0.319 e. The van der Waals surface area contributed by atoms with Gasteiger partial charge in [0, 0.05) is 32.7 Å². The molecule has 0 aliphatic carbocycles. The minimum absolute atomic E-state index is 0.0397. The number of amides is 2. The molecule has 2 aromatic heterocycles. The van der Waals surface area contributed by atoms with Gasteiger partial charge in [-0.05, 0) is 20.3 Å². The van der Waals surface area contributed by atoms with Crippen molar-refractivity contribution in [3.8, 4) is 0 Å². The van der Waals surface area contributed by atoms with Gasteiger partial charge in [-0.25, -0.2) is 9.48 Å². The second-order valence-electron chi connectivity index (χ2n) is 6.48. The molecule has 3 heterocycles. The summed E-state index contributed by atoms with van der Waals surface area (Å²) in [5.41, 5.74) is 1.87. The number of nitrogens with zero attached hydrogens (tertiary/aromatic N) is 4. The number of carbonyl (C=O) groups excluding carboxylic acids is 1. The van der Waals surface area contributed by atoms with E-state index in [1.807, 2.05) is 0 Å². The van der Waals surface area contributed by atoms with Gasteiger partial charge >= 0.3 is 6.03 Å². The Kier molecular flexibility index (Phi) is 5.75. The smallest absolute Gasteiger partial charge is 0.319 e. The summed E-state index contributed by atoms with van der Waals surface area (Å²) in [7, 11) is 1.62. The Morgan fingerprint density at radius 1 is 1.41 bits per heavy atom. The van der Waals surface area contributed by atoms with Crippen molar-refractivity contribution in [3.05, 3.63) is 34.1 Å². The minimum Gasteiger partial charge on any atom is -0.374 e. The number of anilines is 2. The first-order valence-electron chi connectivity index (χ1n) is 8.81. The van der Waals surface area contributed by atoms with E-state index in [1.165, 1.54) is 4.68 Å². The van der Waals surface area contributed by atoms with Gasteiger partial charge in [0.05, 0.1) is 24.6 Å². The number of aromatic nitrogens is 3. The lowest BCUT2D eigenvalue weighted by Gasteiger charge is -2.34. The van der Waals surface area contributed by atoms with Gasteiger partial charge in [0.1, 0.15) is 11.4 Å². The zero-order valence-electron chi connectivity index (χ0n) is 15.7. The number of rotatable bonds is 5. The second-order valence-corrected chi connectivity index (χ2v) is 6.48. The number of hydrogen-bond acceptors (Lipinski definition) is 7. The first-order chi connectivity index (χ1) is 12.9. The van der Waals surface area contributed by atoms with Crippen LogP contribution in [0.2, 0.25) is 0 Å². The highest BCUT2D eigenvalue weighted by molar-refractivity contribution is 5.90.